The molecule has 1 aliphatic heterocycles. The minimum absolute atomic E-state index is 0.0875. The van der Waals surface area contributed by atoms with Crippen LogP contribution in [0.1, 0.15) is 39.7 Å². The number of para-hydroxylation sites is 1. The zero-order valence-corrected chi connectivity index (χ0v) is 20.2. The van der Waals surface area contributed by atoms with Crippen molar-refractivity contribution in [3.05, 3.63) is 105 Å². The highest BCUT2D eigenvalue weighted by molar-refractivity contribution is 5.99. The number of carbonyl (C=O) groups excluding carboxylic acids is 1. The number of rotatable bonds is 9. The molecule has 0 saturated carbocycles. The second-order valence-electron chi connectivity index (χ2n) is 8.60. The fourth-order valence-electron chi connectivity index (χ4n) is 4.63. The van der Waals surface area contributed by atoms with Gasteiger partial charge in [-0.15, -0.1) is 0 Å². The third-order valence-corrected chi connectivity index (χ3v) is 6.36. The minimum Gasteiger partial charge on any atom is -0.493 e. The van der Waals surface area contributed by atoms with E-state index in [4.69, 9.17) is 18.6 Å². The van der Waals surface area contributed by atoms with Crippen LogP contribution in [0.2, 0.25) is 0 Å². The van der Waals surface area contributed by atoms with Gasteiger partial charge in [0.15, 0.2) is 16.9 Å². The van der Waals surface area contributed by atoms with Crippen molar-refractivity contribution in [2.45, 2.75) is 19.1 Å². The van der Waals surface area contributed by atoms with Crippen molar-refractivity contribution in [2.24, 2.45) is 0 Å². The molecule has 0 radical (unpaired) electrons. The lowest BCUT2D eigenvalue weighted by atomic mass is 9.98. The summed E-state index contributed by atoms with van der Waals surface area (Å²) >= 11 is 0. The predicted octanol–water partition coefficient (Wildman–Crippen LogP) is 4.96. The highest BCUT2D eigenvalue weighted by atomic mass is 16.5. The second kappa shape index (κ2) is 10.3. The highest BCUT2D eigenvalue weighted by Gasteiger charge is 2.42. The number of benzene rings is 3. The molecule has 0 aliphatic carbocycles. The molecule has 184 valence electrons. The Morgan fingerprint density at radius 2 is 1.69 bits per heavy atom. The van der Waals surface area contributed by atoms with Crippen molar-refractivity contribution < 1.29 is 23.4 Å². The average molecular weight is 486 g/mol. The van der Waals surface area contributed by atoms with Crippen LogP contribution >= 0.6 is 0 Å². The van der Waals surface area contributed by atoms with E-state index >= 15 is 0 Å². The number of ether oxygens (including phenoxy) is 3. The third-order valence-electron chi connectivity index (χ3n) is 6.36. The van der Waals surface area contributed by atoms with E-state index in [1.54, 1.807) is 43.4 Å². The fourth-order valence-corrected chi connectivity index (χ4v) is 4.63. The smallest absolute Gasteiger partial charge is 0.290 e. The quantitative estimate of drug-likeness (QED) is 0.312. The number of hydrogen-bond donors (Lipinski definition) is 0. The van der Waals surface area contributed by atoms with Gasteiger partial charge in [0, 0.05) is 20.3 Å². The van der Waals surface area contributed by atoms with Crippen LogP contribution in [0.3, 0.4) is 0 Å². The Balaban J connectivity index is 1.56. The molecular weight excluding hydrogens is 458 g/mol. The normalized spacial score (nSPS) is 14.8. The Morgan fingerprint density at radius 1 is 0.917 bits per heavy atom. The zero-order chi connectivity index (χ0) is 25.1. The number of hydrogen-bond acceptors (Lipinski definition) is 6. The molecule has 2 heterocycles. The zero-order valence-electron chi connectivity index (χ0n) is 20.2. The van der Waals surface area contributed by atoms with Gasteiger partial charge < -0.3 is 23.5 Å². The number of fused-ring (bicyclic) bond motifs is 2. The summed E-state index contributed by atoms with van der Waals surface area (Å²) in [5.74, 6) is 0.874. The first-order valence-electron chi connectivity index (χ1n) is 11.8. The first-order valence-corrected chi connectivity index (χ1v) is 11.8. The molecule has 3 aromatic carbocycles. The van der Waals surface area contributed by atoms with Crippen molar-refractivity contribution in [2.75, 3.05) is 27.4 Å². The van der Waals surface area contributed by atoms with Crippen molar-refractivity contribution in [3.63, 3.8) is 0 Å². The molecule has 1 amide bonds. The van der Waals surface area contributed by atoms with Crippen molar-refractivity contribution in [3.8, 4) is 11.5 Å². The lowest BCUT2D eigenvalue weighted by Crippen LogP contribution is -2.31. The topological polar surface area (TPSA) is 78.2 Å². The van der Waals surface area contributed by atoms with E-state index in [1.165, 1.54) is 0 Å². The van der Waals surface area contributed by atoms with Crippen LogP contribution in [0.25, 0.3) is 11.0 Å². The van der Waals surface area contributed by atoms with Gasteiger partial charge in [0.05, 0.1) is 24.1 Å². The molecule has 1 aliphatic rings. The molecule has 4 aromatic rings. The Kier molecular flexibility index (Phi) is 6.73. The van der Waals surface area contributed by atoms with Crippen LogP contribution in [0.4, 0.5) is 0 Å². The van der Waals surface area contributed by atoms with Gasteiger partial charge in [-0.1, -0.05) is 48.5 Å². The Bertz CT molecular complexity index is 1450. The first-order chi connectivity index (χ1) is 17.6. The van der Waals surface area contributed by atoms with E-state index in [-0.39, 0.29) is 17.1 Å². The maximum Gasteiger partial charge on any atom is 0.290 e. The van der Waals surface area contributed by atoms with Crippen molar-refractivity contribution in [1.82, 2.24) is 4.90 Å². The summed E-state index contributed by atoms with van der Waals surface area (Å²) in [4.78, 5) is 28.7. The standard InChI is InChI=1S/C29H27NO6/c1-33-16-8-15-30-26(25-27(31)21-11-6-7-12-22(21)36-28(25)29(30)32)20-13-14-23(24(17-20)34-2)35-18-19-9-4-3-5-10-19/h3-7,9-14,17,26H,8,15-16,18H2,1-2H3. The van der Waals surface area contributed by atoms with E-state index in [2.05, 4.69) is 0 Å². The van der Waals surface area contributed by atoms with Crippen molar-refractivity contribution >= 4 is 16.9 Å². The molecule has 0 fully saturated rings. The number of amides is 1. The highest BCUT2D eigenvalue weighted by Crippen LogP contribution is 2.41. The molecule has 7 nitrogen and oxygen atoms in total. The predicted molar refractivity (Wildman–Crippen MR) is 136 cm³/mol. The fraction of sp³-hybridized carbons (Fsp3) is 0.241. The van der Waals surface area contributed by atoms with E-state index < -0.39 is 6.04 Å². The van der Waals surface area contributed by atoms with Gasteiger partial charge in [-0.25, -0.2) is 0 Å². The lowest BCUT2D eigenvalue weighted by molar-refractivity contribution is 0.0707. The van der Waals surface area contributed by atoms with E-state index in [1.807, 2.05) is 48.5 Å². The van der Waals surface area contributed by atoms with E-state index in [0.29, 0.717) is 54.2 Å². The van der Waals surface area contributed by atoms with Crippen LogP contribution in [-0.4, -0.2) is 38.2 Å². The summed E-state index contributed by atoms with van der Waals surface area (Å²) in [6.07, 6.45) is 0.621. The van der Waals surface area contributed by atoms with Crippen LogP contribution in [-0.2, 0) is 11.3 Å². The summed E-state index contributed by atoms with van der Waals surface area (Å²) in [6, 6.07) is 21.7. The van der Waals surface area contributed by atoms with Gasteiger partial charge >= 0.3 is 0 Å². The van der Waals surface area contributed by atoms with Gasteiger partial charge in [0.1, 0.15) is 12.2 Å². The second-order valence-corrected chi connectivity index (χ2v) is 8.60. The molecule has 0 saturated heterocycles. The maximum atomic E-state index is 13.6. The maximum absolute atomic E-state index is 13.6. The summed E-state index contributed by atoms with van der Waals surface area (Å²) in [6.45, 7) is 1.29. The van der Waals surface area contributed by atoms with Gasteiger partial charge in [-0.2, -0.15) is 0 Å². The number of carbonyl (C=O) groups is 1. The largest absolute Gasteiger partial charge is 0.493 e. The molecule has 0 N–H and O–H groups in total. The van der Waals surface area contributed by atoms with Gasteiger partial charge in [-0.05, 0) is 41.8 Å². The number of nitrogens with zero attached hydrogens (tertiary/aromatic N) is 1. The van der Waals surface area contributed by atoms with E-state index in [9.17, 15) is 9.59 Å². The monoisotopic (exact) mass is 485 g/mol. The average Bonchev–Trinajstić information content (AvgIpc) is 3.20. The van der Waals surface area contributed by atoms with Crippen molar-refractivity contribution in [1.29, 1.82) is 0 Å². The molecular formula is C29H27NO6. The summed E-state index contributed by atoms with van der Waals surface area (Å²) in [5, 5.41) is 0.447. The van der Waals surface area contributed by atoms with Crippen LogP contribution in [0, 0.1) is 0 Å². The van der Waals surface area contributed by atoms with E-state index in [0.717, 1.165) is 11.1 Å². The van der Waals surface area contributed by atoms with Crippen LogP contribution < -0.4 is 14.9 Å². The molecule has 0 spiro atoms. The summed E-state index contributed by atoms with van der Waals surface area (Å²) < 4.78 is 22.8. The Morgan fingerprint density at radius 3 is 2.47 bits per heavy atom. The van der Waals surface area contributed by atoms with Crippen LogP contribution in [0.15, 0.2) is 82.0 Å². The Hall–Kier alpha value is -4.10. The van der Waals surface area contributed by atoms with Crippen LogP contribution in [0.5, 0.6) is 11.5 Å². The first kappa shape index (κ1) is 23.6. The Labute approximate surface area is 208 Å². The van der Waals surface area contributed by atoms with Gasteiger partial charge in [0.25, 0.3) is 5.91 Å². The third kappa shape index (κ3) is 4.33. The summed E-state index contributed by atoms with van der Waals surface area (Å²) in [5.41, 5.74) is 2.31. The molecule has 0 bridgehead atoms. The van der Waals surface area contributed by atoms with Gasteiger partial charge in [-0.3, -0.25) is 9.59 Å². The number of methoxy groups -OCH3 is 2. The molecule has 1 atom stereocenters. The lowest BCUT2D eigenvalue weighted by Gasteiger charge is -2.25. The SMILES string of the molecule is COCCCN1C(=O)c2oc3ccccc3c(=O)c2C1c1ccc(OCc2ccccc2)c(OC)c1. The molecule has 36 heavy (non-hydrogen) atoms. The molecule has 5 rings (SSSR count). The minimum atomic E-state index is -0.609. The molecule has 1 aromatic heterocycles. The summed E-state index contributed by atoms with van der Waals surface area (Å²) in [7, 11) is 3.19. The van der Waals surface area contributed by atoms with Gasteiger partial charge in [0.2, 0.25) is 5.76 Å². The molecule has 1 unspecified atom stereocenters. The molecule has 7 heteroatoms.